The molecule has 0 radical (unpaired) electrons. The van der Waals surface area contributed by atoms with E-state index in [2.05, 4.69) is 0 Å². The van der Waals surface area contributed by atoms with Crippen molar-refractivity contribution >= 4 is 34.9 Å². The van der Waals surface area contributed by atoms with Gasteiger partial charge < -0.3 is 5.11 Å². The Morgan fingerprint density at radius 1 is 1.10 bits per heavy atom. The molecule has 5 nitrogen and oxygen atoms in total. The maximum atomic E-state index is 11.4. The molecule has 2 aromatic carbocycles. The number of nitro benzene ring substituents is 1. The number of carboxylic acid groups (broad SMARTS) is 1. The van der Waals surface area contributed by atoms with Crippen molar-refractivity contribution in [3.8, 4) is 0 Å². The Labute approximate surface area is 125 Å². The highest BCUT2D eigenvalue weighted by molar-refractivity contribution is 6.30. The summed E-state index contributed by atoms with van der Waals surface area (Å²) in [5.74, 6) is -1.09. The fourth-order valence-corrected chi connectivity index (χ4v) is 1.88. The summed E-state index contributed by atoms with van der Waals surface area (Å²) in [5.41, 5.74) is 1.11. The highest BCUT2D eigenvalue weighted by Crippen LogP contribution is 2.22. The Balaban J connectivity index is 2.40. The summed E-state index contributed by atoms with van der Waals surface area (Å²) in [5, 5.41) is 20.4. The molecule has 0 amide bonds. The molecule has 6 heteroatoms. The Bertz CT molecular complexity index is 705. The minimum absolute atomic E-state index is 0.0458. The minimum Gasteiger partial charge on any atom is -0.478 e. The van der Waals surface area contributed by atoms with Crippen LogP contribution in [0.15, 0.2) is 48.5 Å². The van der Waals surface area contributed by atoms with Crippen molar-refractivity contribution in [2.75, 3.05) is 0 Å². The second-order valence-electron chi connectivity index (χ2n) is 4.22. The van der Waals surface area contributed by atoms with Gasteiger partial charge in [0.15, 0.2) is 0 Å². The van der Waals surface area contributed by atoms with Gasteiger partial charge in [0.2, 0.25) is 0 Å². The highest BCUT2D eigenvalue weighted by atomic mass is 35.5. The zero-order chi connectivity index (χ0) is 15.4. The Morgan fingerprint density at radius 2 is 1.67 bits per heavy atom. The van der Waals surface area contributed by atoms with Crippen LogP contribution in [0.4, 0.5) is 5.69 Å². The molecule has 21 heavy (non-hydrogen) atoms. The average molecular weight is 304 g/mol. The molecule has 0 aliphatic rings. The Hall–Kier alpha value is -2.66. The van der Waals surface area contributed by atoms with E-state index in [1.54, 1.807) is 24.3 Å². The van der Waals surface area contributed by atoms with Crippen molar-refractivity contribution in [3.05, 3.63) is 74.8 Å². The fourth-order valence-electron chi connectivity index (χ4n) is 1.76. The van der Waals surface area contributed by atoms with Gasteiger partial charge in [-0.3, -0.25) is 10.1 Å². The molecular formula is C15H10ClNO4. The average Bonchev–Trinajstić information content (AvgIpc) is 2.46. The van der Waals surface area contributed by atoms with Crippen molar-refractivity contribution in [2.45, 2.75) is 0 Å². The van der Waals surface area contributed by atoms with Gasteiger partial charge in [0, 0.05) is 17.2 Å². The van der Waals surface area contributed by atoms with Gasteiger partial charge in [-0.15, -0.1) is 0 Å². The molecule has 0 aromatic heterocycles. The van der Waals surface area contributed by atoms with Crippen LogP contribution in [0, 0.1) is 10.1 Å². The van der Waals surface area contributed by atoms with Gasteiger partial charge in [0.05, 0.1) is 10.5 Å². The maximum absolute atomic E-state index is 11.4. The number of nitrogens with zero attached hydrogens (tertiary/aromatic N) is 1. The monoisotopic (exact) mass is 303 g/mol. The standard InChI is InChI=1S/C15H10ClNO4/c16-12-5-3-11(4-6-12)14(15(18)19)9-10-1-7-13(8-2-10)17(20)21/h1-9H,(H,18,19). The summed E-state index contributed by atoms with van der Waals surface area (Å²) in [6.07, 6.45) is 1.45. The lowest BCUT2D eigenvalue weighted by molar-refractivity contribution is -0.384. The van der Waals surface area contributed by atoms with Crippen molar-refractivity contribution in [1.29, 1.82) is 0 Å². The van der Waals surface area contributed by atoms with Gasteiger partial charge in [-0.05, 0) is 41.5 Å². The second kappa shape index (κ2) is 6.19. The van der Waals surface area contributed by atoms with Crippen molar-refractivity contribution in [3.63, 3.8) is 0 Å². The van der Waals surface area contributed by atoms with Gasteiger partial charge in [-0.1, -0.05) is 23.7 Å². The SMILES string of the molecule is O=C(O)C(=Cc1ccc([N+](=O)[O-])cc1)c1ccc(Cl)cc1. The van der Waals surface area contributed by atoms with Crippen LogP contribution in [0.2, 0.25) is 5.02 Å². The number of benzene rings is 2. The van der Waals surface area contributed by atoms with Crippen LogP contribution < -0.4 is 0 Å². The molecule has 0 aliphatic carbocycles. The summed E-state index contributed by atoms with van der Waals surface area (Å²) < 4.78 is 0. The molecule has 2 aromatic rings. The zero-order valence-corrected chi connectivity index (χ0v) is 11.4. The van der Waals surface area contributed by atoms with Crippen molar-refractivity contribution < 1.29 is 14.8 Å². The quantitative estimate of drug-likeness (QED) is 0.402. The number of rotatable bonds is 4. The molecule has 0 saturated heterocycles. The molecule has 0 fully saturated rings. The molecule has 0 heterocycles. The fraction of sp³-hybridized carbons (Fsp3) is 0. The third-order valence-corrected chi connectivity index (χ3v) is 3.05. The van der Waals surface area contributed by atoms with Gasteiger partial charge >= 0.3 is 5.97 Å². The molecular weight excluding hydrogens is 294 g/mol. The smallest absolute Gasteiger partial charge is 0.336 e. The Kier molecular flexibility index (Phi) is 4.35. The van der Waals surface area contributed by atoms with Gasteiger partial charge in [0.1, 0.15) is 0 Å². The predicted octanol–water partition coefficient (Wildman–Crippen LogP) is 3.87. The lowest BCUT2D eigenvalue weighted by atomic mass is 10.0. The summed E-state index contributed by atoms with van der Waals surface area (Å²) in [4.78, 5) is 21.4. The second-order valence-corrected chi connectivity index (χ2v) is 4.66. The Morgan fingerprint density at radius 3 is 2.14 bits per heavy atom. The topological polar surface area (TPSA) is 80.4 Å². The van der Waals surface area contributed by atoms with Gasteiger partial charge in [0.25, 0.3) is 5.69 Å². The summed E-state index contributed by atoms with van der Waals surface area (Å²) in [7, 11) is 0. The number of non-ortho nitro benzene ring substituents is 1. The van der Waals surface area contributed by atoms with E-state index in [4.69, 9.17) is 11.6 Å². The number of hydrogen-bond acceptors (Lipinski definition) is 3. The van der Waals surface area contributed by atoms with Crippen LogP contribution in [0.1, 0.15) is 11.1 Å². The number of carbonyl (C=O) groups is 1. The molecule has 0 atom stereocenters. The third kappa shape index (κ3) is 3.67. The van der Waals surface area contributed by atoms with Crippen LogP contribution >= 0.6 is 11.6 Å². The molecule has 2 rings (SSSR count). The van der Waals surface area contributed by atoms with E-state index in [9.17, 15) is 20.0 Å². The van der Waals surface area contributed by atoms with E-state index in [1.165, 1.54) is 30.3 Å². The summed E-state index contributed by atoms with van der Waals surface area (Å²) in [6, 6.07) is 12.1. The zero-order valence-electron chi connectivity index (χ0n) is 10.7. The molecule has 0 spiro atoms. The summed E-state index contributed by atoms with van der Waals surface area (Å²) in [6.45, 7) is 0. The van der Waals surface area contributed by atoms with E-state index in [0.717, 1.165) is 0 Å². The molecule has 0 bridgehead atoms. The van der Waals surface area contributed by atoms with E-state index < -0.39 is 10.9 Å². The van der Waals surface area contributed by atoms with E-state index in [0.29, 0.717) is 16.1 Å². The van der Waals surface area contributed by atoms with Crippen LogP contribution in [-0.2, 0) is 4.79 Å². The van der Waals surface area contributed by atoms with Crippen LogP contribution in [0.5, 0.6) is 0 Å². The van der Waals surface area contributed by atoms with Crippen LogP contribution in [-0.4, -0.2) is 16.0 Å². The number of aliphatic carboxylic acids is 1. The third-order valence-electron chi connectivity index (χ3n) is 2.80. The predicted molar refractivity (Wildman–Crippen MR) is 80.1 cm³/mol. The molecule has 0 saturated carbocycles. The molecule has 106 valence electrons. The van der Waals surface area contributed by atoms with Crippen molar-refractivity contribution in [1.82, 2.24) is 0 Å². The van der Waals surface area contributed by atoms with Gasteiger partial charge in [-0.2, -0.15) is 0 Å². The first kappa shape index (κ1) is 14.7. The number of carboxylic acids is 1. The van der Waals surface area contributed by atoms with E-state index in [-0.39, 0.29) is 11.3 Å². The van der Waals surface area contributed by atoms with E-state index in [1.807, 2.05) is 0 Å². The summed E-state index contributed by atoms with van der Waals surface area (Å²) >= 11 is 5.77. The maximum Gasteiger partial charge on any atom is 0.336 e. The lowest BCUT2D eigenvalue weighted by Gasteiger charge is -2.03. The van der Waals surface area contributed by atoms with Crippen LogP contribution in [0.25, 0.3) is 11.6 Å². The lowest BCUT2D eigenvalue weighted by Crippen LogP contribution is -1.99. The number of nitro groups is 1. The highest BCUT2D eigenvalue weighted by Gasteiger charge is 2.11. The first-order chi connectivity index (χ1) is 9.97. The first-order valence-electron chi connectivity index (χ1n) is 5.93. The van der Waals surface area contributed by atoms with Crippen LogP contribution in [0.3, 0.4) is 0 Å². The van der Waals surface area contributed by atoms with E-state index >= 15 is 0 Å². The number of hydrogen-bond donors (Lipinski definition) is 1. The van der Waals surface area contributed by atoms with Crippen molar-refractivity contribution in [2.24, 2.45) is 0 Å². The first-order valence-corrected chi connectivity index (χ1v) is 6.30. The molecule has 0 unspecified atom stereocenters. The largest absolute Gasteiger partial charge is 0.478 e. The minimum atomic E-state index is -1.09. The normalized spacial score (nSPS) is 11.2. The molecule has 1 N–H and O–H groups in total. The number of halogens is 1. The van der Waals surface area contributed by atoms with Gasteiger partial charge in [-0.25, -0.2) is 4.79 Å². The molecule has 0 aliphatic heterocycles.